The number of hydrogen-bond acceptors (Lipinski definition) is 5. The van der Waals surface area contributed by atoms with Crippen molar-refractivity contribution in [3.8, 4) is 0 Å². The van der Waals surface area contributed by atoms with Crippen LogP contribution in [0.3, 0.4) is 0 Å². The van der Waals surface area contributed by atoms with Crippen molar-refractivity contribution in [3.05, 3.63) is 28.7 Å². The number of pyridine rings is 1. The number of amides is 1. The van der Waals surface area contributed by atoms with Crippen LogP contribution in [0.2, 0.25) is 0 Å². The first-order valence-corrected chi connectivity index (χ1v) is 9.85. The van der Waals surface area contributed by atoms with Crippen molar-refractivity contribution >= 4 is 18.7 Å². The minimum atomic E-state index is -0.561. The van der Waals surface area contributed by atoms with E-state index in [1.165, 1.54) is 0 Å². The molecule has 2 aliphatic rings. The molecule has 3 heterocycles. The van der Waals surface area contributed by atoms with Gasteiger partial charge in [-0.2, -0.15) is 0 Å². The first kappa shape index (κ1) is 20.9. The van der Waals surface area contributed by atoms with E-state index in [4.69, 9.17) is 14.0 Å². The molecule has 28 heavy (non-hydrogen) atoms. The molecule has 1 amide bonds. The Morgan fingerprint density at radius 3 is 2.36 bits per heavy atom. The Morgan fingerprint density at radius 2 is 1.82 bits per heavy atom. The monoisotopic (exact) mass is 390 g/mol. The van der Waals surface area contributed by atoms with Crippen molar-refractivity contribution in [2.45, 2.75) is 77.7 Å². The Hall–Kier alpha value is -1.80. The van der Waals surface area contributed by atoms with E-state index in [0.717, 1.165) is 6.42 Å². The smallest absolute Gasteiger partial charge is 0.444 e. The third kappa shape index (κ3) is 4.13. The van der Waals surface area contributed by atoms with Crippen molar-refractivity contribution in [3.63, 3.8) is 0 Å². The van der Waals surface area contributed by atoms with E-state index in [1.54, 1.807) is 21.7 Å². The average Bonchev–Trinajstić information content (AvgIpc) is 3.09. The number of carbonyl (C=O) groups is 1. The molecule has 7 nitrogen and oxygen atoms in total. The highest BCUT2D eigenvalue weighted by atomic mass is 16.7. The molecule has 0 aliphatic carbocycles. The van der Waals surface area contributed by atoms with Gasteiger partial charge in [0.25, 0.3) is 0 Å². The van der Waals surface area contributed by atoms with Crippen molar-refractivity contribution in [2.24, 2.45) is 0 Å². The lowest BCUT2D eigenvalue weighted by Gasteiger charge is -2.32. The van der Waals surface area contributed by atoms with Crippen LogP contribution in [0.1, 0.15) is 60.9 Å². The summed E-state index contributed by atoms with van der Waals surface area (Å²) in [5.41, 5.74) is -0.848. The first-order valence-electron chi connectivity index (χ1n) is 9.85. The van der Waals surface area contributed by atoms with Gasteiger partial charge in [-0.3, -0.25) is 4.79 Å². The minimum Gasteiger partial charge on any atom is -0.444 e. The van der Waals surface area contributed by atoms with Crippen LogP contribution < -0.4 is 11.0 Å². The first-order chi connectivity index (χ1) is 12.8. The van der Waals surface area contributed by atoms with Gasteiger partial charge < -0.3 is 23.5 Å². The van der Waals surface area contributed by atoms with Gasteiger partial charge in [-0.15, -0.1) is 0 Å². The van der Waals surface area contributed by atoms with E-state index in [2.05, 4.69) is 0 Å². The lowest BCUT2D eigenvalue weighted by atomic mass is 9.80. The molecule has 3 rings (SSSR count). The third-order valence-electron chi connectivity index (χ3n) is 5.71. The van der Waals surface area contributed by atoms with E-state index in [1.807, 2.05) is 54.5 Å². The molecule has 1 aromatic rings. The average molecular weight is 390 g/mol. The Balaban J connectivity index is 1.71. The number of ether oxygens (including phenoxy) is 1. The van der Waals surface area contributed by atoms with Crippen molar-refractivity contribution < 1.29 is 18.8 Å². The Kier molecular flexibility index (Phi) is 5.17. The number of aromatic nitrogens is 1. The molecule has 0 N–H and O–H groups in total. The van der Waals surface area contributed by atoms with E-state index in [-0.39, 0.29) is 17.7 Å². The van der Waals surface area contributed by atoms with Gasteiger partial charge in [0.2, 0.25) is 5.56 Å². The number of hydrogen-bond donors (Lipinski definition) is 0. The second-order valence-electron chi connectivity index (χ2n) is 9.66. The summed E-state index contributed by atoms with van der Waals surface area (Å²) in [5, 5.41) is 0. The lowest BCUT2D eigenvalue weighted by Crippen LogP contribution is -2.41. The van der Waals surface area contributed by atoms with E-state index in [0.29, 0.717) is 18.6 Å². The SMILES string of the molecule is CC(C)(C)OC(=O)N1CCC(n2ccc(B3OC(C)(C)C(C)(C)O3)cc2=O)C1. The minimum absolute atomic E-state index is 0.0626. The van der Waals surface area contributed by atoms with E-state index >= 15 is 0 Å². The fourth-order valence-corrected chi connectivity index (χ4v) is 3.39. The fraction of sp³-hybridized carbons (Fsp3) is 0.700. The largest absolute Gasteiger partial charge is 0.495 e. The summed E-state index contributed by atoms with van der Waals surface area (Å²) in [6, 6.07) is 3.37. The van der Waals surface area contributed by atoms with Gasteiger partial charge in [-0.25, -0.2) is 4.79 Å². The summed E-state index contributed by atoms with van der Waals surface area (Å²) < 4.78 is 19.2. The number of rotatable bonds is 2. The fourth-order valence-electron chi connectivity index (χ4n) is 3.39. The van der Waals surface area contributed by atoms with Crippen molar-refractivity contribution in [1.82, 2.24) is 9.47 Å². The van der Waals surface area contributed by atoms with Crippen molar-refractivity contribution in [1.29, 1.82) is 0 Å². The van der Waals surface area contributed by atoms with Gasteiger partial charge in [0.1, 0.15) is 5.60 Å². The quantitative estimate of drug-likeness (QED) is 0.725. The van der Waals surface area contributed by atoms with Crippen LogP contribution >= 0.6 is 0 Å². The maximum Gasteiger partial charge on any atom is 0.495 e. The highest BCUT2D eigenvalue weighted by molar-refractivity contribution is 6.62. The molecular weight excluding hydrogens is 359 g/mol. The molecule has 8 heteroatoms. The molecule has 154 valence electrons. The maximum atomic E-state index is 12.7. The molecule has 2 aliphatic heterocycles. The zero-order chi connectivity index (χ0) is 20.9. The number of nitrogens with zero attached hydrogens (tertiary/aromatic N) is 2. The molecule has 0 aromatic carbocycles. The Morgan fingerprint density at radius 1 is 1.21 bits per heavy atom. The second kappa shape index (κ2) is 6.92. The summed E-state index contributed by atoms with van der Waals surface area (Å²) in [4.78, 5) is 26.6. The molecule has 0 radical (unpaired) electrons. The van der Waals surface area contributed by atoms with Crippen LogP contribution in [0, 0.1) is 0 Å². The normalized spacial score (nSPS) is 23.9. The molecule has 1 atom stereocenters. The second-order valence-corrected chi connectivity index (χ2v) is 9.66. The predicted molar refractivity (Wildman–Crippen MR) is 108 cm³/mol. The van der Waals surface area contributed by atoms with E-state index in [9.17, 15) is 9.59 Å². The molecule has 2 fully saturated rings. The van der Waals surface area contributed by atoms with Gasteiger partial charge in [0.05, 0.1) is 17.2 Å². The summed E-state index contributed by atoms with van der Waals surface area (Å²) in [7, 11) is -0.561. The highest BCUT2D eigenvalue weighted by Crippen LogP contribution is 2.36. The molecule has 0 bridgehead atoms. The van der Waals surface area contributed by atoms with Crippen LogP contribution in [-0.4, -0.2) is 52.6 Å². The molecule has 2 saturated heterocycles. The molecule has 1 aromatic heterocycles. The summed E-state index contributed by atoms with van der Waals surface area (Å²) >= 11 is 0. The maximum absolute atomic E-state index is 12.7. The van der Waals surface area contributed by atoms with Gasteiger partial charge in [-0.05, 0) is 66.4 Å². The third-order valence-corrected chi connectivity index (χ3v) is 5.71. The molecular formula is C20H31BN2O5. The molecule has 0 saturated carbocycles. The molecule has 0 spiro atoms. The van der Waals surface area contributed by atoms with Crippen LogP contribution in [0.5, 0.6) is 0 Å². The summed E-state index contributed by atoms with van der Waals surface area (Å²) in [5.74, 6) is 0. The Bertz CT molecular complexity index is 796. The van der Waals surface area contributed by atoms with Crippen molar-refractivity contribution in [2.75, 3.05) is 13.1 Å². The van der Waals surface area contributed by atoms with Crippen LogP contribution in [0.15, 0.2) is 23.1 Å². The number of likely N-dealkylation sites (tertiary alicyclic amines) is 1. The van der Waals surface area contributed by atoms with Gasteiger partial charge in [0.15, 0.2) is 0 Å². The number of carbonyl (C=O) groups excluding carboxylic acids is 1. The molecule has 1 unspecified atom stereocenters. The predicted octanol–water partition coefficient (Wildman–Crippen LogP) is 2.33. The van der Waals surface area contributed by atoms with Crippen LogP contribution in [0.4, 0.5) is 4.79 Å². The van der Waals surface area contributed by atoms with Gasteiger partial charge >= 0.3 is 13.2 Å². The standard InChI is InChI=1S/C20H31BN2O5/c1-18(2,3)26-17(25)22-10-9-15(13-22)23-11-8-14(12-16(23)24)21-27-19(4,5)20(6,7)28-21/h8,11-12,15H,9-10,13H2,1-7H3. The van der Waals surface area contributed by atoms with Gasteiger partial charge in [-0.1, -0.05) is 0 Å². The van der Waals surface area contributed by atoms with Gasteiger partial charge in [0, 0.05) is 25.4 Å². The van der Waals surface area contributed by atoms with Crippen LogP contribution in [-0.2, 0) is 14.0 Å². The topological polar surface area (TPSA) is 70.0 Å². The highest BCUT2D eigenvalue weighted by Gasteiger charge is 2.51. The zero-order valence-electron chi connectivity index (χ0n) is 17.9. The van der Waals surface area contributed by atoms with Crippen LogP contribution in [0.25, 0.3) is 0 Å². The lowest BCUT2D eigenvalue weighted by molar-refractivity contribution is 0.00578. The Labute approximate surface area is 167 Å². The zero-order valence-corrected chi connectivity index (χ0v) is 17.9. The summed E-state index contributed by atoms with van der Waals surface area (Å²) in [6.07, 6.45) is 2.15. The van der Waals surface area contributed by atoms with E-state index < -0.39 is 23.9 Å². The summed E-state index contributed by atoms with van der Waals surface area (Å²) in [6.45, 7) is 14.5.